The lowest BCUT2D eigenvalue weighted by atomic mass is 10.3. The third kappa shape index (κ3) is 5.23. The highest BCUT2D eigenvalue weighted by Gasteiger charge is 2.30. The summed E-state index contributed by atoms with van der Waals surface area (Å²) < 4.78 is 28.1. The van der Waals surface area contributed by atoms with Gasteiger partial charge in [0.25, 0.3) is 0 Å². The Balaban J connectivity index is 1.30. The van der Waals surface area contributed by atoms with Crippen molar-refractivity contribution < 1.29 is 18.4 Å². The molecule has 1 fully saturated rings. The van der Waals surface area contributed by atoms with E-state index in [1.807, 2.05) is 16.7 Å². The molecule has 0 saturated heterocycles. The Morgan fingerprint density at radius 2 is 1.97 bits per heavy atom. The van der Waals surface area contributed by atoms with Crippen LogP contribution in [0.1, 0.15) is 18.9 Å². The van der Waals surface area contributed by atoms with E-state index in [0.29, 0.717) is 17.0 Å². The summed E-state index contributed by atoms with van der Waals surface area (Å²) in [6.45, 7) is -0.297. The number of benzene rings is 1. The van der Waals surface area contributed by atoms with E-state index >= 15 is 0 Å². The molecule has 0 spiro atoms. The SMILES string of the molecule is O=C(CSc1nnc(-c2cccnc2)n1C1CC1)NCC(=O)Nc1ccc(F)c(F)c1. The second-order valence-electron chi connectivity index (χ2n) is 6.89. The quantitative estimate of drug-likeness (QED) is 0.518. The summed E-state index contributed by atoms with van der Waals surface area (Å²) in [5.41, 5.74) is 0.958. The molecule has 1 aliphatic rings. The van der Waals surface area contributed by atoms with E-state index in [2.05, 4.69) is 25.8 Å². The number of rotatable bonds is 8. The predicted octanol–water partition coefficient (Wildman–Crippen LogP) is 2.80. The Morgan fingerprint density at radius 3 is 2.68 bits per heavy atom. The number of pyridine rings is 1. The largest absolute Gasteiger partial charge is 0.346 e. The molecule has 31 heavy (non-hydrogen) atoms. The number of carbonyl (C=O) groups is 2. The van der Waals surface area contributed by atoms with E-state index in [1.165, 1.54) is 17.8 Å². The maximum atomic E-state index is 13.2. The zero-order valence-electron chi connectivity index (χ0n) is 16.2. The third-order valence-electron chi connectivity index (χ3n) is 4.48. The van der Waals surface area contributed by atoms with Crippen molar-refractivity contribution in [3.8, 4) is 11.4 Å². The fourth-order valence-electron chi connectivity index (χ4n) is 2.87. The second kappa shape index (κ2) is 9.21. The average molecular weight is 444 g/mol. The molecule has 2 aromatic heterocycles. The van der Waals surface area contributed by atoms with Gasteiger partial charge in [-0.05, 0) is 37.1 Å². The van der Waals surface area contributed by atoms with Crippen LogP contribution in [0.15, 0.2) is 47.9 Å². The molecule has 2 amide bonds. The highest BCUT2D eigenvalue weighted by Crippen LogP contribution is 2.40. The molecule has 8 nitrogen and oxygen atoms in total. The van der Waals surface area contributed by atoms with Gasteiger partial charge in [-0.3, -0.25) is 19.1 Å². The van der Waals surface area contributed by atoms with Crippen molar-refractivity contribution in [1.82, 2.24) is 25.1 Å². The van der Waals surface area contributed by atoms with E-state index in [4.69, 9.17) is 0 Å². The standard InChI is InChI=1S/C20H18F2N6O2S/c21-15-6-3-13(8-16(15)22)25-17(29)10-24-18(30)11-31-20-27-26-19(28(20)14-4-5-14)12-2-1-7-23-9-12/h1-3,6-9,14H,4-5,10-11H2,(H,24,30)(H,25,29). The van der Waals surface area contributed by atoms with E-state index < -0.39 is 17.5 Å². The number of anilines is 1. The zero-order chi connectivity index (χ0) is 21.8. The van der Waals surface area contributed by atoms with Gasteiger partial charge in [-0.25, -0.2) is 8.78 Å². The summed E-state index contributed by atoms with van der Waals surface area (Å²) in [5.74, 6) is -2.22. The van der Waals surface area contributed by atoms with Gasteiger partial charge in [-0.1, -0.05) is 11.8 Å². The summed E-state index contributed by atoms with van der Waals surface area (Å²) in [7, 11) is 0. The van der Waals surface area contributed by atoms with Crippen molar-refractivity contribution in [3.05, 3.63) is 54.4 Å². The fourth-order valence-corrected chi connectivity index (χ4v) is 3.70. The minimum absolute atomic E-state index is 0.0519. The Kier molecular flexibility index (Phi) is 6.21. The Bertz CT molecular complexity index is 1100. The maximum Gasteiger partial charge on any atom is 0.243 e. The number of hydrogen-bond acceptors (Lipinski definition) is 6. The molecule has 3 aromatic rings. The van der Waals surface area contributed by atoms with Crippen LogP contribution in [0.2, 0.25) is 0 Å². The van der Waals surface area contributed by atoms with Crippen LogP contribution >= 0.6 is 11.8 Å². The minimum Gasteiger partial charge on any atom is -0.346 e. The Morgan fingerprint density at radius 1 is 1.13 bits per heavy atom. The van der Waals surface area contributed by atoms with E-state index in [0.717, 1.165) is 30.5 Å². The molecule has 2 N–H and O–H groups in total. The smallest absolute Gasteiger partial charge is 0.243 e. The number of nitrogens with one attached hydrogen (secondary N) is 2. The lowest BCUT2D eigenvalue weighted by molar-refractivity contribution is -0.122. The van der Waals surface area contributed by atoms with Crippen LogP contribution in [-0.2, 0) is 9.59 Å². The number of nitrogens with zero attached hydrogens (tertiary/aromatic N) is 4. The topological polar surface area (TPSA) is 102 Å². The van der Waals surface area contributed by atoms with Gasteiger partial charge in [0.15, 0.2) is 22.6 Å². The number of thioether (sulfide) groups is 1. The number of carbonyl (C=O) groups excluding carboxylic acids is 2. The van der Waals surface area contributed by atoms with Crippen molar-refractivity contribution in [2.45, 2.75) is 24.0 Å². The van der Waals surface area contributed by atoms with Gasteiger partial charge in [-0.2, -0.15) is 0 Å². The summed E-state index contributed by atoms with van der Waals surface area (Å²) in [6, 6.07) is 7.05. The van der Waals surface area contributed by atoms with Gasteiger partial charge in [0.1, 0.15) is 0 Å². The predicted molar refractivity (Wildman–Crippen MR) is 110 cm³/mol. The van der Waals surface area contributed by atoms with Gasteiger partial charge < -0.3 is 10.6 Å². The first kappa shape index (κ1) is 20.9. The lowest BCUT2D eigenvalue weighted by Crippen LogP contribution is -2.34. The van der Waals surface area contributed by atoms with Crippen LogP contribution in [0, 0.1) is 11.6 Å². The zero-order valence-corrected chi connectivity index (χ0v) is 17.0. The molecule has 1 saturated carbocycles. The van der Waals surface area contributed by atoms with Gasteiger partial charge in [-0.15, -0.1) is 10.2 Å². The van der Waals surface area contributed by atoms with Gasteiger partial charge in [0.2, 0.25) is 11.8 Å². The van der Waals surface area contributed by atoms with Crippen molar-refractivity contribution in [1.29, 1.82) is 0 Å². The molecule has 0 atom stereocenters. The number of amides is 2. The summed E-state index contributed by atoms with van der Waals surface area (Å²) in [6.07, 6.45) is 5.45. The Hall–Kier alpha value is -3.34. The molecular formula is C20H18F2N6O2S. The molecular weight excluding hydrogens is 426 g/mol. The van der Waals surface area contributed by atoms with Gasteiger partial charge >= 0.3 is 0 Å². The van der Waals surface area contributed by atoms with Gasteiger partial charge in [0.05, 0.1) is 12.3 Å². The van der Waals surface area contributed by atoms with E-state index in [9.17, 15) is 18.4 Å². The molecule has 4 rings (SSSR count). The molecule has 1 aromatic carbocycles. The first-order valence-electron chi connectivity index (χ1n) is 9.51. The molecule has 1 aliphatic carbocycles. The third-order valence-corrected chi connectivity index (χ3v) is 5.42. The van der Waals surface area contributed by atoms with Crippen LogP contribution in [0.5, 0.6) is 0 Å². The van der Waals surface area contributed by atoms with Crippen molar-refractivity contribution >= 4 is 29.3 Å². The highest BCUT2D eigenvalue weighted by atomic mass is 32.2. The van der Waals surface area contributed by atoms with Crippen LogP contribution in [0.4, 0.5) is 14.5 Å². The summed E-state index contributed by atoms with van der Waals surface area (Å²) in [4.78, 5) is 28.2. The molecule has 0 aliphatic heterocycles. The summed E-state index contributed by atoms with van der Waals surface area (Å²) in [5, 5.41) is 14.0. The van der Waals surface area contributed by atoms with Crippen molar-refractivity contribution in [2.75, 3.05) is 17.6 Å². The van der Waals surface area contributed by atoms with Crippen LogP contribution in [0.25, 0.3) is 11.4 Å². The van der Waals surface area contributed by atoms with E-state index in [-0.39, 0.29) is 23.9 Å². The van der Waals surface area contributed by atoms with E-state index in [1.54, 1.807) is 12.4 Å². The highest BCUT2D eigenvalue weighted by molar-refractivity contribution is 7.99. The molecule has 0 bridgehead atoms. The second-order valence-corrected chi connectivity index (χ2v) is 7.83. The first-order chi connectivity index (χ1) is 15.0. The maximum absolute atomic E-state index is 13.2. The molecule has 0 radical (unpaired) electrons. The van der Waals surface area contributed by atoms with Crippen molar-refractivity contribution in [3.63, 3.8) is 0 Å². The monoisotopic (exact) mass is 444 g/mol. The van der Waals surface area contributed by atoms with Gasteiger partial charge in [0, 0.05) is 35.8 Å². The van der Waals surface area contributed by atoms with Crippen molar-refractivity contribution in [2.24, 2.45) is 0 Å². The lowest BCUT2D eigenvalue weighted by Gasteiger charge is -2.09. The molecule has 160 valence electrons. The van der Waals surface area contributed by atoms with Crippen LogP contribution in [0.3, 0.4) is 0 Å². The Labute approximate surface area is 180 Å². The molecule has 11 heteroatoms. The minimum atomic E-state index is -1.07. The first-order valence-corrected chi connectivity index (χ1v) is 10.5. The molecule has 0 unspecified atom stereocenters. The van der Waals surface area contributed by atoms with Crippen LogP contribution in [-0.4, -0.2) is 43.9 Å². The number of halogens is 2. The molecule has 2 heterocycles. The number of aromatic nitrogens is 4. The number of hydrogen-bond donors (Lipinski definition) is 2. The van der Waals surface area contributed by atoms with Crippen LogP contribution < -0.4 is 10.6 Å². The summed E-state index contributed by atoms with van der Waals surface area (Å²) >= 11 is 1.23. The normalized spacial score (nSPS) is 13.1. The average Bonchev–Trinajstić information content (AvgIpc) is 3.52. The fraction of sp³-hybridized carbons (Fsp3) is 0.250.